The Morgan fingerprint density at radius 1 is 0.333 bits per heavy atom. The van der Waals surface area contributed by atoms with Crippen molar-refractivity contribution in [2.24, 2.45) is 0 Å². The van der Waals surface area contributed by atoms with Crippen LogP contribution in [-0.2, 0) is 28.6 Å². The van der Waals surface area contributed by atoms with E-state index in [0.717, 1.165) is 128 Å². The lowest BCUT2D eigenvalue weighted by Gasteiger charge is -2.18. The molecule has 6 nitrogen and oxygen atoms in total. The first-order valence-corrected chi connectivity index (χ1v) is 27.0. The second-order valence-electron chi connectivity index (χ2n) is 17.5. The lowest BCUT2D eigenvalue weighted by Crippen LogP contribution is -2.30. The fraction of sp³-hybridized carbons (Fsp3) is 0.650. The van der Waals surface area contributed by atoms with Crippen LogP contribution in [0.25, 0.3) is 0 Å². The number of hydrogen-bond donors (Lipinski definition) is 0. The van der Waals surface area contributed by atoms with E-state index < -0.39 is 6.10 Å². The second-order valence-corrected chi connectivity index (χ2v) is 17.5. The average Bonchev–Trinajstić information content (AvgIpc) is 3.31. The Morgan fingerprint density at radius 2 is 0.682 bits per heavy atom. The van der Waals surface area contributed by atoms with Gasteiger partial charge in [-0.25, -0.2) is 0 Å². The van der Waals surface area contributed by atoms with Gasteiger partial charge in [0, 0.05) is 19.3 Å². The van der Waals surface area contributed by atoms with Gasteiger partial charge in [-0.15, -0.1) is 0 Å². The molecule has 0 N–H and O–H groups in total. The molecular weight excluding hydrogens is 817 g/mol. The Labute approximate surface area is 406 Å². The van der Waals surface area contributed by atoms with Crippen LogP contribution in [0, 0.1) is 0 Å². The third kappa shape index (κ3) is 51.1. The van der Waals surface area contributed by atoms with E-state index in [9.17, 15) is 14.4 Å². The van der Waals surface area contributed by atoms with Gasteiger partial charge in [-0.1, -0.05) is 226 Å². The van der Waals surface area contributed by atoms with Crippen molar-refractivity contribution in [1.29, 1.82) is 0 Å². The molecule has 0 fully saturated rings. The first-order valence-electron chi connectivity index (χ1n) is 27.0. The van der Waals surface area contributed by atoms with E-state index in [-0.39, 0.29) is 31.1 Å². The smallest absolute Gasteiger partial charge is 0.306 e. The van der Waals surface area contributed by atoms with Crippen LogP contribution in [0.5, 0.6) is 0 Å². The van der Waals surface area contributed by atoms with Crippen molar-refractivity contribution >= 4 is 17.9 Å². The highest BCUT2D eigenvalue weighted by atomic mass is 16.6. The summed E-state index contributed by atoms with van der Waals surface area (Å²) in [5.41, 5.74) is 0. The normalized spacial score (nSPS) is 13.0. The molecule has 0 amide bonds. The van der Waals surface area contributed by atoms with Gasteiger partial charge >= 0.3 is 17.9 Å². The van der Waals surface area contributed by atoms with E-state index in [2.05, 4.69) is 106 Å². The fourth-order valence-electron chi connectivity index (χ4n) is 7.07. The molecule has 0 saturated heterocycles. The van der Waals surface area contributed by atoms with Crippen molar-refractivity contribution in [3.8, 4) is 0 Å². The van der Waals surface area contributed by atoms with Crippen LogP contribution in [0.2, 0.25) is 0 Å². The van der Waals surface area contributed by atoms with Gasteiger partial charge in [0.05, 0.1) is 0 Å². The van der Waals surface area contributed by atoms with Crippen molar-refractivity contribution in [2.75, 3.05) is 13.2 Å². The van der Waals surface area contributed by atoms with E-state index >= 15 is 0 Å². The molecule has 0 aromatic rings. The van der Waals surface area contributed by atoms with Gasteiger partial charge < -0.3 is 14.2 Å². The Balaban J connectivity index is 4.50. The van der Waals surface area contributed by atoms with Gasteiger partial charge in [-0.2, -0.15) is 0 Å². The molecule has 0 radical (unpaired) electrons. The Kier molecular flexibility index (Phi) is 50.5. The van der Waals surface area contributed by atoms with Crippen molar-refractivity contribution in [3.05, 3.63) is 109 Å². The molecule has 0 rings (SSSR count). The zero-order chi connectivity index (χ0) is 47.9. The maximum absolute atomic E-state index is 12.8. The summed E-state index contributed by atoms with van der Waals surface area (Å²) in [5.74, 6) is -0.957. The van der Waals surface area contributed by atoms with E-state index in [1.807, 2.05) is 24.3 Å². The van der Waals surface area contributed by atoms with Gasteiger partial charge in [0.15, 0.2) is 6.10 Å². The van der Waals surface area contributed by atoms with Crippen LogP contribution >= 0.6 is 0 Å². The molecule has 0 saturated carbocycles. The molecular formula is C60H98O6. The number of allylic oxidation sites excluding steroid dienone is 18. The Morgan fingerprint density at radius 3 is 1.15 bits per heavy atom. The number of unbranched alkanes of at least 4 members (excludes halogenated alkanes) is 22. The summed E-state index contributed by atoms with van der Waals surface area (Å²) < 4.78 is 16.8. The highest BCUT2D eigenvalue weighted by molar-refractivity contribution is 5.71. The van der Waals surface area contributed by atoms with Gasteiger partial charge in [0.2, 0.25) is 0 Å². The first kappa shape index (κ1) is 62.1. The number of ether oxygens (including phenoxy) is 3. The molecule has 1 unspecified atom stereocenters. The van der Waals surface area contributed by atoms with Crippen LogP contribution in [0.4, 0.5) is 0 Å². The summed E-state index contributed by atoms with van der Waals surface area (Å²) in [6.45, 7) is 6.38. The summed E-state index contributed by atoms with van der Waals surface area (Å²) in [5, 5.41) is 0. The van der Waals surface area contributed by atoms with Crippen LogP contribution in [0.15, 0.2) is 109 Å². The van der Waals surface area contributed by atoms with Gasteiger partial charge in [0.25, 0.3) is 0 Å². The monoisotopic (exact) mass is 915 g/mol. The maximum atomic E-state index is 12.8. The molecule has 0 aromatic heterocycles. The van der Waals surface area contributed by atoms with Crippen LogP contribution in [0.3, 0.4) is 0 Å². The van der Waals surface area contributed by atoms with Gasteiger partial charge in [-0.3, -0.25) is 14.4 Å². The summed E-state index contributed by atoms with van der Waals surface area (Å²) in [6.07, 6.45) is 72.1. The minimum absolute atomic E-state index is 0.102. The van der Waals surface area contributed by atoms with E-state index in [1.54, 1.807) is 0 Å². The average molecular weight is 915 g/mol. The SMILES string of the molecule is CC/C=C\C/C=C\C/C=C\CCCCCCCCC(=O)OC(COC(=O)CCCCC/C=C\CCCCCCCCC)COC(=O)CCCCCCC\C=C/C=C\C=C/C=C\C=C/CCC. The number of esters is 3. The highest BCUT2D eigenvalue weighted by Gasteiger charge is 2.19. The van der Waals surface area contributed by atoms with Crippen LogP contribution in [-0.4, -0.2) is 37.2 Å². The van der Waals surface area contributed by atoms with Crippen molar-refractivity contribution in [2.45, 2.75) is 239 Å². The molecule has 1 atom stereocenters. The predicted octanol–water partition coefficient (Wildman–Crippen LogP) is 17.9. The number of rotatable bonds is 47. The number of hydrogen-bond acceptors (Lipinski definition) is 6. The molecule has 6 heteroatoms. The van der Waals surface area contributed by atoms with E-state index in [4.69, 9.17) is 14.2 Å². The quantitative estimate of drug-likeness (QED) is 0.0199. The van der Waals surface area contributed by atoms with Crippen molar-refractivity contribution in [1.82, 2.24) is 0 Å². The fourth-order valence-corrected chi connectivity index (χ4v) is 7.07. The highest BCUT2D eigenvalue weighted by Crippen LogP contribution is 2.14. The van der Waals surface area contributed by atoms with Gasteiger partial charge in [-0.05, 0) is 96.3 Å². The zero-order valence-corrected chi connectivity index (χ0v) is 42.7. The molecule has 0 aliphatic rings. The largest absolute Gasteiger partial charge is 0.462 e. The third-order valence-corrected chi connectivity index (χ3v) is 11.1. The summed E-state index contributed by atoms with van der Waals surface area (Å²) >= 11 is 0. The third-order valence-electron chi connectivity index (χ3n) is 11.1. The molecule has 0 aliphatic heterocycles. The summed E-state index contributed by atoms with van der Waals surface area (Å²) in [7, 11) is 0. The van der Waals surface area contributed by atoms with Crippen LogP contribution < -0.4 is 0 Å². The molecule has 0 spiro atoms. The summed E-state index contributed by atoms with van der Waals surface area (Å²) in [6, 6.07) is 0. The van der Waals surface area contributed by atoms with E-state index in [1.165, 1.54) is 64.2 Å². The second kappa shape index (κ2) is 53.7. The molecule has 66 heavy (non-hydrogen) atoms. The molecule has 0 aromatic carbocycles. The molecule has 0 aliphatic carbocycles. The topological polar surface area (TPSA) is 78.9 Å². The number of carbonyl (C=O) groups is 3. The Bertz CT molecular complexity index is 1370. The van der Waals surface area contributed by atoms with Crippen LogP contribution in [0.1, 0.15) is 233 Å². The zero-order valence-electron chi connectivity index (χ0n) is 42.7. The van der Waals surface area contributed by atoms with Crippen molar-refractivity contribution in [3.63, 3.8) is 0 Å². The summed E-state index contributed by atoms with van der Waals surface area (Å²) in [4.78, 5) is 38.1. The molecule has 0 heterocycles. The lowest BCUT2D eigenvalue weighted by molar-refractivity contribution is -0.167. The maximum Gasteiger partial charge on any atom is 0.306 e. The molecule has 374 valence electrons. The van der Waals surface area contributed by atoms with Gasteiger partial charge in [0.1, 0.15) is 13.2 Å². The van der Waals surface area contributed by atoms with E-state index in [0.29, 0.717) is 19.3 Å². The molecule has 0 bridgehead atoms. The Hall–Kier alpha value is -3.93. The minimum Gasteiger partial charge on any atom is -0.462 e. The van der Waals surface area contributed by atoms with Crippen molar-refractivity contribution < 1.29 is 28.6 Å². The standard InChI is InChI=1S/C60H98O6/c1-4-7-10-13-16-19-22-25-28-30-31-33-35-38-41-44-47-50-53-59(62)65-56-57(55-64-58(61)52-49-46-43-40-37-34-27-24-21-18-15-12-9-6-3)66-60(63)54-51-48-45-42-39-36-32-29-26-23-20-17-14-11-8-5-2/h8,10-11,13,16-17,19-20,22,25-26,28-31,33-34,37,57H,4-7,9,12,14-15,18,21,23-24,27,32,35-36,38-56H2,1-3H3/b11-8-,13-10-,19-16-,20-17-,25-22-,29-26-,30-28-,33-31-,37-34-. The predicted molar refractivity (Wildman–Crippen MR) is 283 cm³/mol. The number of carbonyl (C=O) groups excluding carboxylic acids is 3. The lowest BCUT2D eigenvalue weighted by atomic mass is 10.1. The first-order chi connectivity index (χ1) is 32.5. The minimum atomic E-state index is -0.804.